The highest BCUT2D eigenvalue weighted by molar-refractivity contribution is 8.00. The largest absolute Gasteiger partial charge is 0.179 e. The molecule has 0 aromatic heterocycles. The van der Waals surface area contributed by atoms with Crippen LogP contribution in [0, 0.1) is 0 Å². The van der Waals surface area contributed by atoms with Crippen LogP contribution >= 0.6 is 48.8 Å². The molecule has 0 N–H and O–H groups in total. The Bertz CT molecular complexity index is 86.1. The van der Waals surface area contributed by atoms with Crippen molar-refractivity contribution in [1.29, 1.82) is 0 Å². The second kappa shape index (κ2) is 14.4. The van der Waals surface area contributed by atoms with Gasteiger partial charge in [0.25, 0.3) is 0 Å². The average molecular weight is 271 g/mol. The molecule has 0 aromatic carbocycles. The normalized spacial score (nSPS) is 10.7. The third-order valence-corrected chi connectivity index (χ3v) is 4.66. The number of thiol groups is 2. The number of rotatable bonds is 11. The SMILES string of the molecule is SCCCCSCCCSCCCS. The fraction of sp³-hybridized carbons (Fsp3) is 1.00. The minimum atomic E-state index is 1.03. The van der Waals surface area contributed by atoms with Crippen molar-refractivity contribution in [1.82, 2.24) is 0 Å². The number of hydrogen-bond donors (Lipinski definition) is 2. The summed E-state index contributed by atoms with van der Waals surface area (Å²) in [6.07, 6.45) is 5.22. The molecule has 0 aliphatic carbocycles. The molecule has 4 heteroatoms. The summed E-state index contributed by atoms with van der Waals surface area (Å²) in [7, 11) is 0. The molecule has 0 fully saturated rings. The van der Waals surface area contributed by atoms with Gasteiger partial charge in [0.15, 0.2) is 0 Å². The monoisotopic (exact) mass is 270 g/mol. The summed E-state index contributed by atoms with van der Waals surface area (Å²) < 4.78 is 0. The maximum Gasteiger partial charge on any atom is -0.00597 e. The summed E-state index contributed by atoms with van der Waals surface area (Å²) >= 11 is 12.5. The first-order valence-corrected chi connectivity index (χ1v) is 8.86. The topological polar surface area (TPSA) is 0 Å². The lowest BCUT2D eigenvalue weighted by atomic mass is 10.4. The highest BCUT2D eigenvalue weighted by Gasteiger charge is 1.91. The van der Waals surface area contributed by atoms with E-state index >= 15 is 0 Å². The molecule has 0 radical (unpaired) electrons. The Labute approximate surface area is 109 Å². The van der Waals surface area contributed by atoms with Crippen LogP contribution in [0.1, 0.15) is 25.7 Å². The van der Waals surface area contributed by atoms with Crippen LogP contribution in [-0.2, 0) is 0 Å². The Morgan fingerprint density at radius 2 is 1.07 bits per heavy atom. The summed E-state index contributed by atoms with van der Waals surface area (Å²) in [5.41, 5.74) is 0. The van der Waals surface area contributed by atoms with Crippen LogP contribution in [0.5, 0.6) is 0 Å². The lowest BCUT2D eigenvalue weighted by molar-refractivity contribution is 0.908. The molecule has 0 saturated carbocycles. The molecule has 86 valence electrons. The molecule has 0 aliphatic heterocycles. The summed E-state index contributed by atoms with van der Waals surface area (Å²) in [4.78, 5) is 0. The van der Waals surface area contributed by atoms with Gasteiger partial charge in [-0.3, -0.25) is 0 Å². The Kier molecular flexibility index (Phi) is 15.8. The second-order valence-corrected chi connectivity index (χ2v) is 6.43. The quantitative estimate of drug-likeness (QED) is 0.432. The first-order chi connectivity index (χ1) is 6.91. The lowest BCUT2D eigenvalue weighted by Crippen LogP contribution is -1.89. The van der Waals surface area contributed by atoms with Gasteiger partial charge in [0.2, 0.25) is 0 Å². The predicted octanol–water partition coefficient (Wildman–Crippen LogP) is 3.87. The second-order valence-electron chi connectivity index (χ2n) is 3.09. The predicted molar refractivity (Wildman–Crippen MR) is 80.8 cm³/mol. The van der Waals surface area contributed by atoms with E-state index in [1.54, 1.807) is 0 Å². The van der Waals surface area contributed by atoms with E-state index < -0.39 is 0 Å². The van der Waals surface area contributed by atoms with Crippen LogP contribution in [0.3, 0.4) is 0 Å². The zero-order chi connectivity index (χ0) is 10.5. The van der Waals surface area contributed by atoms with Gasteiger partial charge in [0, 0.05) is 0 Å². The minimum Gasteiger partial charge on any atom is -0.179 e. The molecule has 0 bridgehead atoms. The van der Waals surface area contributed by atoms with E-state index in [1.165, 1.54) is 48.7 Å². The fourth-order valence-corrected chi connectivity index (χ4v) is 3.59. The van der Waals surface area contributed by atoms with Gasteiger partial charge in [-0.05, 0) is 60.2 Å². The van der Waals surface area contributed by atoms with Crippen molar-refractivity contribution in [3.8, 4) is 0 Å². The van der Waals surface area contributed by atoms with Gasteiger partial charge in [0.05, 0.1) is 0 Å². The van der Waals surface area contributed by atoms with Gasteiger partial charge in [-0.15, -0.1) is 0 Å². The van der Waals surface area contributed by atoms with Crippen molar-refractivity contribution in [3.05, 3.63) is 0 Å². The highest BCUT2D eigenvalue weighted by Crippen LogP contribution is 2.11. The van der Waals surface area contributed by atoms with Crippen LogP contribution in [0.15, 0.2) is 0 Å². The van der Waals surface area contributed by atoms with Crippen LogP contribution in [0.25, 0.3) is 0 Å². The van der Waals surface area contributed by atoms with Gasteiger partial charge in [0.1, 0.15) is 0 Å². The summed E-state index contributed by atoms with van der Waals surface area (Å²) in [5.74, 6) is 7.34. The number of hydrogen-bond acceptors (Lipinski definition) is 4. The summed E-state index contributed by atoms with van der Waals surface area (Å²) in [6.45, 7) is 0. The van der Waals surface area contributed by atoms with Crippen LogP contribution < -0.4 is 0 Å². The molecule has 0 nitrogen and oxygen atoms in total. The average Bonchev–Trinajstić information content (AvgIpc) is 2.21. The van der Waals surface area contributed by atoms with Crippen LogP contribution in [0.4, 0.5) is 0 Å². The van der Waals surface area contributed by atoms with Gasteiger partial charge in [-0.25, -0.2) is 0 Å². The molecule has 0 amide bonds. The van der Waals surface area contributed by atoms with Gasteiger partial charge >= 0.3 is 0 Å². The number of thioether (sulfide) groups is 2. The van der Waals surface area contributed by atoms with Crippen molar-refractivity contribution in [2.75, 3.05) is 34.5 Å². The minimum absolute atomic E-state index is 1.03. The van der Waals surface area contributed by atoms with Crippen molar-refractivity contribution in [2.24, 2.45) is 0 Å². The maximum absolute atomic E-state index is 4.19. The first kappa shape index (κ1) is 15.4. The standard InChI is InChI=1S/C10H22S4/c11-5-1-2-7-13-9-4-10-14-8-3-6-12/h11-12H,1-10H2. The van der Waals surface area contributed by atoms with E-state index in [2.05, 4.69) is 48.8 Å². The van der Waals surface area contributed by atoms with E-state index in [4.69, 9.17) is 0 Å². The molecule has 0 unspecified atom stereocenters. The molecule has 0 heterocycles. The third-order valence-electron chi connectivity index (χ3n) is 1.72. The van der Waals surface area contributed by atoms with E-state index in [-0.39, 0.29) is 0 Å². The van der Waals surface area contributed by atoms with Gasteiger partial charge < -0.3 is 0 Å². The molecule has 14 heavy (non-hydrogen) atoms. The van der Waals surface area contributed by atoms with Crippen molar-refractivity contribution in [2.45, 2.75) is 25.7 Å². The zero-order valence-corrected chi connectivity index (χ0v) is 12.2. The molecular formula is C10H22S4. The summed E-state index contributed by atoms with van der Waals surface area (Å²) in [5, 5.41) is 0. The Morgan fingerprint density at radius 1 is 0.571 bits per heavy atom. The van der Waals surface area contributed by atoms with Gasteiger partial charge in [-0.1, -0.05) is 0 Å². The Morgan fingerprint density at radius 3 is 1.64 bits per heavy atom. The van der Waals surface area contributed by atoms with E-state index in [0.29, 0.717) is 0 Å². The maximum atomic E-state index is 4.19. The van der Waals surface area contributed by atoms with Crippen molar-refractivity contribution in [3.63, 3.8) is 0 Å². The first-order valence-electron chi connectivity index (χ1n) is 5.29. The molecule has 0 atom stereocenters. The lowest BCUT2D eigenvalue weighted by Gasteiger charge is -2.01. The highest BCUT2D eigenvalue weighted by atomic mass is 32.2. The summed E-state index contributed by atoms with van der Waals surface area (Å²) in [6, 6.07) is 0. The molecule has 0 aromatic rings. The molecule has 0 saturated heterocycles. The molecule has 0 spiro atoms. The molecule has 0 aliphatic rings. The van der Waals surface area contributed by atoms with Crippen LogP contribution in [0.2, 0.25) is 0 Å². The smallest absolute Gasteiger partial charge is 0.00597 e. The van der Waals surface area contributed by atoms with Gasteiger partial charge in [-0.2, -0.15) is 48.8 Å². The van der Waals surface area contributed by atoms with E-state index in [1.807, 2.05) is 0 Å². The fourth-order valence-electron chi connectivity index (χ4n) is 0.950. The molecular weight excluding hydrogens is 248 g/mol. The van der Waals surface area contributed by atoms with Crippen molar-refractivity contribution >= 4 is 48.8 Å². The number of unbranched alkanes of at least 4 members (excludes halogenated alkanes) is 1. The Balaban J connectivity index is 2.78. The Hall–Kier alpha value is 1.40. The zero-order valence-electron chi connectivity index (χ0n) is 8.78. The van der Waals surface area contributed by atoms with Crippen LogP contribution in [-0.4, -0.2) is 34.5 Å². The van der Waals surface area contributed by atoms with E-state index in [0.717, 1.165) is 11.5 Å². The molecule has 0 rings (SSSR count). The third kappa shape index (κ3) is 13.4. The van der Waals surface area contributed by atoms with Crippen molar-refractivity contribution < 1.29 is 0 Å². The van der Waals surface area contributed by atoms with E-state index in [9.17, 15) is 0 Å².